The van der Waals surface area contributed by atoms with E-state index in [1.54, 1.807) is 32.5 Å². The number of amides is 2. The maximum absolute atomic E-state index is 12.8. The van der Waals surface area contributed by atoms with Gasteiger partial charge in [0, 0.05) is 12.2 Å². The fraction of sp³-hybridized carbons (Fsp3) is 0.652. The second-order valence-corrected chi connectivity index (χ2v) is 10.1. The molecule has 7 heteroatoms. The summed E-state index contributed by atoms with van der Waals surface area (Å²) in [6.07, 6.45) is 4.46. The Morgan fingerprint density at radius 1 is 1.20 bits per heavy atom. The molecule has 1 aromatic carbocycles. The summed E-state index contributed by atoms with van der Waals surface area (Å²) in [5.41, 5.74) is 1.37. The molecule has 1 fully saturated rings. The van der Waals surface area contributed by atoms with Gasteiger partial charge in [0.25, 0.3) is 0 Å². The molecule has 2 amide bonds. The molecule has 1 unspecified atom stereocenters. The van der Waals surface area contributed by atoms with E-state index in [0.29, 0.717) is 6.42 Å². The summed E-state index contributed by atoms with van der Waals surface area (Å²) < 4.78 is 5.30. The molecule has 168 valence electrons. The molecule has 0 spiro atoms. The zero-order valence-electron chi connectivity index (χ0n) is 19.0. The third-order valence-electron chi connectivity index (χ3n) is 5.12. The fourth-order valence-corrected chi connectivity index (χ4v) is 3.83. The molecule has 1 aromatic rings. The zero-order valence-corrected chi connectivity index (χ0v) is 19.8. The predicted octanol–water partition coefficient (Wildman–Crippen LogP) is 4.50. The van der Waals surface area contributed by atoms with Gasteiger partial charge in [-0.05, 0) is 88.7 Å². The van der Waals surface area contributed by atoms with Gasteiger partial charge in [-0.3, -0.25) is 9.69 Å². The number of benzene rings is 1. The first kappa shape index (κ1) is 24.5. The molecule has 0 bridgehead atoms. The molecule has 1 atom stereocenters. The lowest BCUT2D eigenvalue weighted by molar-refractivity contribution is -0.118. The Hall–Kier alpha value is -1.73. The van der Waals surface area contributed by atoms with Crippen LogP contribution < -0.4 is 10.6 Å². The number of hydrogen-bond donors (Lipinski definition) is 2. The minimum Gasteiger partial charge on any atom is -0.444 e. The van der Waals surface area contributed by atoms with Crippen molar-refractivity contribution in [3.05, 3.63) is 29.8 Å². The van der Waals surface area contributed by atoms with E-state index in [1.165, 1.54) is 18.4 Å². The average Bonchev–Trinajstić information content (AvgIpc) is 2.67. The number of piperidine rings is 1. The standard InChI is InChI=1S/C23H37N3O3S/c1-17-10-13-26(14-11-17)16-18-6-8-19(9-7-18)24-21(27)20(12-15-30-5)25-22(28)29-23(2,3)4/h6-9,17,20H,10-16H2,1-5H3,(H,24,27)(H,25,28). The summed E-state index contributed by atoms with van der Waals surface area (Å²) in [6.45, 7) is 11.0. The Bertz CT molecular complexity index is 680. The largest absolute Gasteiger partial charge is 0.444 e. The molecule has 0 saturated carbocycles. The first-order valence-electron chi connectivity index (χ1n) is 10.8. The van der Waals surface area contributed by atoms with Crippen molar-refractivity contribution in [2.45, 2.75) is 65.1 Å². The number of likely N-dealkylation sites (tertiary alicyclic amines) is 1. The molecule has 1 heterocycles. The summed E-state index contributed by atoms with van der Waals surface area (Å²) in [5.74, 6) is 1.36. The number of carbonyl (C=O) groups is 2. The van der Waals surface area contributed by atoms with Crippen molar-refractivity contribution in [2.24, 2.45) is 5.92 Å². The van der Waals surface area contributed by atoms with Gasteiger partial charge < -0.3 is 15.4 Å². The van der Waals surface area contributed by atoms with Crippen molar-refractivity contribution in [1.82, 2.24) is 10.2 Å². The number of anilines is 1. The van der Waals surface area contributed by atoms with Crippen molar-refractivity contribution in [3.8, 4) is 0 Å². The highest BCUT2D eigenvalue weighted by Crippen LogP contribution is 2.19. The maximum atomic E-state index is 12.8. The third-order valence-corrected chi connectivity index (χ3v) is 5.77. The summed E-state index contributed by atoms with van der Waals surface area (Å²) in [5, 5.41) is 5.63. The van der Waals surface area contributed by atoms with Crippen molar-refractivity contribution >= 4 is 29.4 Å². The first-order valence-corrected chi connectivity index (χ1v) is 12.2. The molecule has 0 aromatic heterocycles. The highest BCUT2D eigenvalue weighted by molar-refractivity contribution is 7.98. The molecular formula is C23H37N3O3S. The molecule has 6 nitrogen and oxygen atoms in total. The van der Waals surface area contributed by atoms with Crippen molar-refractivity contribution < 1.29 is 14.3 Å². The van der Waals surface area contributed by atoms with Gasteiger partial charge in [0.15, 0.2) is 0 Å². The van der Waals surface area contributed by atoms with Crippen molar-refractivity contribution in [1.29, 1.82) is 0 Å². The monoisotopic (exact) mass is 435 g/mol. The van der Waals surface area contributed by atoms with E-state index in [1.807, 2.05) is 18.4 Å². The quantitative estimate of drug-likeness (QED) is 0.629. The normalized spacial score (nSPS) is 16.7. The summed E-state index contributed by atoms with van der Waals surface area (Å²) in [7, 11) is 0. The van der Waals surface area contributed by atoms with Crippen LogP contribution in [0.3, 0.4) is 0 Å². The lowest BCUT2D eigenvalue weighted by atomic mass is 9.99. The van der Waals surface area contributed by atoms with E-state index in [0.717, 1.165) is 37.0 Å². The Balaban J connectivity index is 1.91. The molecule has 1 saturated heterocycles. The Morgan fingerprint density at radius 2 is 1.83 bits per heavy atom. The van der Waals surface area contributed by atoms with Crippen LogP contribution in [0.2, 0.25) is 0 Å². The molecular weight excluding hydrogens is 398 g/mol. The maximum Gasteiger partial charge on any atom is 0.408 e. The predicted molar refractivity (Wildman–Crippen MR) is 125 cm³/mol. The van der Waals surface area contributed by atoms with Crippen LogP contribution in [0.1, 0.15) is 52.5 Å². The molecule has 2 rings (SSSR count). The molecule has 0 radical (unpaired) electrons. The van der Waals surface area contributed by atoms with E-state index < -0.39 is 17.7 Å². The van der Waals surface area contributed by atoms with E-state index in [9.17, 15) is 9.59 Å². The lowest BCUT2D eigenvalue weighted by Crippen LogP contribution is -2.46. The van der Waals surface area contributed by atoms with Gasteiger partial charge in [-0.1, -0.05) is 19.1 Å². The van der Waals surface area contributed by atoms with Crippen LogP contribution in [0.4, 0.5) is 10.5 Å². The average molecular weight is 436 g/mol. The fourth-order valence-electron chi connectivity index (χ4n) is 3.36. The summed E-state index contributed by atoms with van der Waals surface area (Å²) in [4.78, 5) is 27.4. The summed E-state index contributed by atoms with van der Waals surface area (Å²) >= 11 is 1.64. The Morgan fingerprint density at radius 3 is 2.40 bits per heavy atom. The smallest absolute Gasteiger partial charge is 0.408 e. The number of thioether (sulfide) groups is 1. The van der Waals surface area contributed by atoms with Crippen LogP contribution in [0.15, 0.2) is 24.3 Å². The van der Waals surface area contributed by atoms with Gasteiger partial charge in [-0.15, -0.1) is 0 Å². The molecule has 2 N–H and O–H groups in total. The summed E-state index contributed by atoms with van der Waals surface area (Å²) in [6, 6.07) is 7.34. The number of ether oxygens (including phenoxy) is 1. The Kier molecular flexibility index (Phi) is 9.49. The van der Waals surface area contributed by atoms with Gasteiger partial charge in [0.1, 0.15) is 11.6 Å². The number of nitrogens with zero attached hydrogens (tertiary/aromatic N) is 1. The van der Waals surface area contributed by atoms with Gasteiger partial charge in [-0.2, -0.15) is 11.8 Å². The minimum atomic E-state index is -0.637. The van der Waals surface area contributed by atoms with Gasteiger partial charge in [0.2, 0.25) is 5.91 Å². The topological polar surface area (TPSA) is 70.7 Å². The van der Waals surface area contributed by atoms with E-state index >= 15 is 0 Å². The number of nitrogens with one attached hydrogen (secondary N) is 2. The third kappa shape index (κ3) is 8.96. The number of rotatable bonds is 8. The van der Waals surface area contributed by atoms with Gasteiger partial charge in [0.05, 0.1) is 0 Å². The highest BCUT2D eigenvalue weighted by atomic mass is 32.2. The van der Waals surface area contributed by atoms with Crippen LogP contribution in [-0.2, 0) is 16.1 Å². The molecule has 0 aliphatic carbocycles. The molecule has 30 heavy (non-hydrogen) atoms. The van der Waals surface area contributed by atoms with Crippen LogP contribution in [0.25, 0.3) is 0 Å². The van der Waals surface area contributed by atoms with Crippen LogP contribution in [0.5, 0.6) is 0 Å². The first-order chi connectivity index (χ1) is 14.2. The number of alkyl carbamates (subject to hydrolysis) is 1. The lowest BCUT2D eigenvalue weighted by Gasteiger charge is -2.30. The van der Waals surface area contributed by atoms with Gasteiger partial charge >= 0.3 is 6.09 Å². The zero-order chi connectivity index (χ0) is 22.1. The Labute approximate surface area is 185 Å². The SMILES string of the molecule is CSCCC(NC(=O)OC(C)(C)C)C(=O)Nc1ccc(CN2CCC(C)CC2)cc1. The number of hydrogen-bond acceptors (Lipinski definition) is 5. The van der Waals surface area contributed by atoms with E-state index in [-0.39, 0.29) is 5.91 Å². The minimum absolute atomic E-state index is 0.229. The molecule has 1 aliphatic heterocycles. The second-order valence-electron chi connectivity index (χ2n) is 9.13. The van der Waals surface area contributed by atoms with E-state index in [2.05, 4.69) is 34.6 Å². The van der Waals surface area contributed by atoms with Gasteiger partial charge in [-0.25, -0.2) is 4.79 Å². The van der Waals surface area contributed by atoms with Crippen molar-refractivity contribution in [2.75, 3.05) is 30.4 Å². The highest BCUT2D eigenvalue weighted by Gasteiger charge is 2.24. The van der Waals surface area contributed by atoms with Crippen molar-refractivity contribution in [3.63, 3.8) is 0 Å². The van der Waals surface area contributed by atoms with Crippen LogP contribution >= 0.6 is 11.8 Å². The van der Waals surface area contributed by atoms with E-state index in [4.69, 9.17) is 4.74 Å². The number of carbonyl (C=O) groups excluding carboxylic acids is 2. The second kappa shape index (κ2) is 11.6. The van der Waals surface area contributed by atoms with Crippen LogP contribution in [-0.4, -0.2) is 53.6 Å². The molecule has 1 aliphatic rings. The van der Waals surface area contributed by atoms with Crippen LogP contribution in [0, 0.1) is 5.92 Å².